The van der Waals surface area contributed by atoms with Gasteiger partial charge in [0.05, 0.1) is 5.69 Å². The van der Waals surface area contributed by atoms with E-state index in [1.807, 2.05) is 0 Å². The van der Waals surface area contributed by atoms with E-state index in [1.165, 1.54) is 12.8 Å². The highest BCUT2D eigenvalue weighted by Gasteiger charge is 2.38. The summed E-state index contributed by atoms with van der Waals surface area (Å²) in [4.78, 5) is 4.80. The Labute approximate surface area is 118 Å². The van der Waals surface area contributed by atoms with Gasteiger partial charge in [0.2, 0.25) is 0 Å². The van der Waals surface area contributed by atoms with Crippen molar-refractivity contribution in [1.82, 2.24) is 10.3 Å². The first-order chi connectivity index (χ1) is 9.32. The molecule has 1 aromatic heterocycles. The summed E-state index contributed by atoms with van der Waals surface area (Å²) in [5.74, 6) is 0. The zero-order chi connectivity index (χ0) is 13.1. The maximum Gasteiger partial charge on any atom is 0.125 e. The van der Waals surface area contributed by atoms with Crippen molar-refractivity contribution in [3.63, 3.8) is 0 Å². The van der Waals surface area contributed by atoms with E-state index in [-0.39, 0.29) is 5.60 Å². The van der Waals surface area contributed by atoms with Gasteiger partial charge in [0.15, 0.2) is 0 Å². The summed E-state index contributed by atoms with van der Waals surface area (Å²) in [6.07, 6.45) is 4.47. The van der Waals surface area contributed by atoms with E-state index in [9.17, 15) is 0 Å². The van der Waals surface area contributed by atoms with E-state index < -0.39 is 0 Å². The van der Waals surface area contributed by atoms with E-state index >= 15 is 0 Å². The molecule has 19 heavy (non-hydrogen) atoms. The number of nitrogens with zero attached hydrogens (tertiary/aromatic N) is 1. The zero-order valence-electron chi connectivity index (χ0n) is 11.5. The summed E-state index contributed by atoms with van der Waals surface area (Å²) in [6.45, 7) is 5.22. The number of aromatic nitrogens is 1. The first-order valence-electron chi connectivity index (χ1n) is 7.22. The predicted octanol–water partition coefficient (Wildman–Crippen LogP) is 2.44. The van der Waals surface area contributed by atoms with Gasteiger partial charge in [0, 0.05) is 50.6 Å². The number of hydrogen-bond donors (Lipinski definition) is 1. The largest absolute Gasteiger partial charge is 0.381 e. The van der Waals surface area contributed by atoms with Crippen LogP contribution in [0.4, 0.5) is 0 Å². The molecule has 0 radical (unpaired) electrons. The molecule has 1 aliphatic heterocycles. The van der Waals surface area contributed by atoms with Crippen molar-refractivity contribution in [2.45, 2.75) is 50.8 Å². The monoisotopic (exact) mass is 282 g/mol. The molecule has 0 aromatic carbocycles. The smallest absolute Gasteiger partial charge is 0.125 e. The predicted molar refractivity (Wildman–Crippen MR) is 75.3 cm³/mol. The highest BCUT2D eigenvalue weighted by atomic mass is 32.1. The Morgan fingerprint density at radius 1 is 1.47 bits per heavy atom. The molecule has 1 aromatic rings. The van der Waals surface area contributed by atoms with Gasteiger partial charge >= 0.3 is 0 Å². The third-order valence-electron chi connectivity index (χ3n) is 3.81. The Hall–Kier alpha value is -0.490. The van der Waals surface area contributed by atoms with Gasteiger partial charge in [-0.05, 0) is 19.8 Å². The minimum atomic E-state index is -0.199. The number of rotatable bonds is 6. The van der Waals surface area contributed by atoms with Gasteiger partial charge < -0.3 is 14.8 Å². The number of thiazole rings is 1. The van der Waals surface area contributed by atoms with Crippen LogP contribution in [0.1, 0.15) is 43.3 Å². The van der Waals surface area contributed by atoms with Gasteiger partial charge in [0.1, 0.15) is 10.6 Å². The van der Waals surface area contributed by atoms with Gasteiger partial charge in [0.25, 0.3) is 0 Å². The molecule has 0 atom stereocenters. The van der Waals surface area contributed by atoms with E-state index in [0.717, 1.165) is 56.0 Å². The molecule has 1 saturated carbocycles. The number of hydrogen-bond acceptors (Lipinski definition) is 5. The van der Waals surface area contributed by atoms with Crippen molar-refractivity contribution in [2.24, 2.45) is 0 Å². The van der Waals surface area contributed by atoms with Crippen LogP contribution in [0.15, 0.2) is 5.38 Å². The molecule has 2 aliphatic rings. The Kier molecular flexibility index (Phi) is 4.17. The highest BCUT2D eigenvalue weighted by molar-refractivity contribution is 7.09. The molecule has 3 rings (SSSR count). The molecule has 1 N–H and O–H groups in total. The molecule has 2 heterocycles. The van der Waals surface area contributed by atoms with E-state index in [2.05, 4.69) is 17.6 Å². The van der Waals surface area contributed by atoms with Gasteiger partial charge in [-0.1, -0.05) is 0 Å². The second kappa shape index (κ2) is 5.87. The lowest BCUT2D eigenvalue weighted by molar-refractivity contribution is -0.112. The Morgan fingerprint density at radius 3 is 2.95 bits per heavy atom. The van der Waals surface area contributed by atoms with Crippen LogP contribution in [0.2, 0.25) is 0 Å². The van der Waals surface area contributed by atoms with Crippen LogP contribution >= 0.6 is 11.3 Å². The molecule has 0 unspecified atom stereocenters. The Morgan fingerprint density at radius 2 is 2.26 bits per heavy atom. The summed E-state index contributed by atoms with van der Waals surface area (Å²) in [5.41, 5.74) is 0.952. The van der Waals surface area contributed by atoms with Crippen LogP contribution in [0.5, 0.6) is 0 Å². The Balaban J connectivity index is 1.70. The first kappa shape index (κ1) is 13.5. The lowest BCUT2D eigenvalue weighted by Gasteiger charge is -2.35. The zero-order valence-corrected chi connectivity index (χ0v) is 12.3. The molecule has 106 valence electrons. The van der Waals surface area contributed by atoms with Gasteiger partial charge in [-0.25, -0.2) is 4.98 Å². The maximum atomic E-state index is 6.06. The molecule has 1 saturated heterocycles. The Bertz CT molecular complexity index is 406. The summed E-state index contributed by atoms with van der Waals surface area (Å²) in [7, 11) is 0. The lowest BCUT2D eigenvalue weighted by atomic mass is 9.95. The van der Waals surface area contributed by atoms with Crippen LogP contribution in [0, 0.1) is 0 Å². The van der Waals surface area contributed by atoms with E-state index in [1.54, 1.807) is 11.3 Å². The molecule has 4 nitrogen and oxygen atoms in total. The van der Waals surface area contributed by atoms with Crippen molar-refractivity contribution in [1.29, 1.82) is 0 Å². The minimum Gasteiger partial charge on any atom is -0.381 e. The molecule has 5 heteroatoms. The molecule has 0 spiro atoms. The average Bonchev–Trinajstić information content (AvgIpc) is 3.14. The average molecular weight is 282 g/mol. The fourth-order valence-corrected chi connectivity index (χ4v) is 3.56. The second-order valence-corrected chi connectivity index (χ2v) is 6.20. The molecule has 1 aliphatic carbocycles. The van der Waals surface area contributed by atoms with Crippen molar-refractivity contribution in [3.8, 4) is 0 Å². The summed E-state index contributed by atoms with van der Waals surface area (Å²) >= 11 is 1.74. The standard InChI is InChI=1S/C14H22N2O2S/c1-2-18-14(5-7-17-8-6-14)13-16-12(10-19-13)9-15-11-3-4-11/h10-11,15H,2-9H2,1H3. The quantitative estimate of drug-likeness (QED) is 0.870. The van der Waals surface area contributed by atoms with Crippen molar-refractivity contribution in [2.75, 3.05) is 19.8 Å². The van der Waals surface area contributed by atoms with Crippen LogP contribution in [-0.4, -0.2) is 30.8 Å². The van der Waals surface area contributed by atoms with E-state index in [0.29, 0.717) is 0 Å². The van der Waals surface area contributed by atoms with Crippen LogP contribution < -0.4 is 5.32 Å². The second-order valence-electron chi connectivity index (χ2n) is 5.34. The third-order valence-corrected chi connectivity index (χ3v) is 4.89. The molecule has 2 fully saturated rings. The summed E-state index contributed by atoms with van der Waals surface area (Å²) in [6, 6.07) is 0.731. The van der Waals surface area contributed by atoms with Gasteiger partial charge in [-0.3, -0.25) is 0 Å². The number of ether oxygens (including phenoxy) is 2. The molecule has 0 amide bonds. The van der Waals surface area contributed by atoms with Crippen LogP contribution in [0.25, 0.3) is 0 Å². The molecule has 0 bridgehead atoms. The maximum absolute atomic E-state index is 6.06. The van der Waals surface area contributed by atoms with Crippen molar-refractivity contribution < 1.29 is 9.47 Å². The van der Waals surface area contributed by atoms with Crippen LogP contribution in [-0.2, 0) is 21.6 Å². The van der Waals surface area contributed by atoms with Crippen molar-refractivity contribution in [3.05, 3.63) is 16.1 Å². The first-order valence-corrected chi connectivity index (χ1v) is 8.10. The summed E-state index contributed by atoms with van der Waals surface area (Å²) < 4.78 is 11.5. The highest BCUT2D eigenvalue weighted by Crippen LogP contribution is 2.37. The minimum absolute atomic E-state index is 0.199. The molecular weight excluding hydrogens is 260 g/mol. The van der Waals surface area contributed by atoms with E-state index in [4.69, 9.17) is 14.5 Å². The fourth-order valence-electron chi connectivity index (χ4n) is 2.53. The third kappa shape index (κ3) is 3.16. The fraction of sp³-hybridized carbons (Fsp3) is 0.786. The normalized spacial score (nSPS) is 22.6. The SMILES string of the molecule is CCOC1(c2nc(CNC3CC3)cs2)CCOCC1. The topological polar surface area (TPSA) is 43.4 Å². The number of nitrogens with one attached hydrogen (secondary N) is 1. The lowest BCUT2D eigenvalue weighted by Crippen LogP contribution is -2.36. The van der Waals surface area contributed by atoms with Gasteiger partial charge in [-0.2, -0.15) is 0 Å². The van der Waals surface area contributed by atoms with Crippen LogP contribution in [0.3, 0.4) is 0 Å². The summed E-state index contributed by atoms with van der Waals surface area (Å²) in [5, 5.41) is 6.81. The van der Waals surface area contributed by atoms with Gasteiger partial charge in [-0.15, -0.1) is 11.3 Å². The molecular formula is C14H22N2O2S. The van der Waals surface area contributed by atoms with Crippen molar-refractivity contribution >= 4 is 11.3 Å².